The zero-order valence-corrected chi connectivity index (χ0v) is 18.8. The van der Waals surface area contributed by atoms with E-state index < -0.39 is 7.12 Å². The zero-order chi connectivity index (χ0) is 19.7. The highest BCUT2D eigenvalue weighted by molar-refractivity contribution is 14.1. The summed E-state index contributed by atoms with van der Waals surface area (Å²) in [5, 5.41) is 0. The number of rotatable bonds is 4. The minimum absolute atomic E-state index is 0.367. The molecule has 0 aromatic heterocycles. The van der Waals surface area contributed by atoms with Crippen molar-refractivity contribution in [3.63, 3.8) is 0 Å². The van der Waals surface area contributed by atoms with Crippen LogP contribution >= 0.6 is 22.6 Å². The fraction of sp³-hybridized carbons (Fsp3) is 0.304. The summed E-state index contributed by atoms with van der Waals surface area (Å²) in [5.74, 6) is 0. The van der Waals surface area contributed by atoms with Gasteiger partial charge in [0.2, 0.25) is 0 Å². The van der Waals surface area contributed by atoms with Gasteiger partial charge in [0.05, 0.1) is 11.2 Å². The number of benzene rings is 2. The number of hydrogen-bond donors (Lipinski definition) is 0. The van der Waals surface area contributed by atoms with Crippen LogP contribution in [-0.4, -0.2) is 18.3 Å². The van der Waals surface area contributed by atoms with Crippen molar-refractivity contribution < 1.29 is 9.31 Å². The van der Waals surface area contributed by atoms with Crippen molar-refractivity contribution in [2.24, 2.45) is 0 Å². The van der Waals surface area contributed by atoms with Crippen LogP contribution in [0.15, 0.2) is 66.1 Å². The lowest BCUT2D eigenvalue weighted by molar-refractivity contribution is 0.00578. The van der Waals surface area contributed by atoms with E-state index in [1.807, 2.05) is 18.2 Å². The summed E-state index contributed by atoms with van der Waals surface area (Å²) in [5.41, 5.74) is 3.86. The molecule has 0 aliphatic carbocycles. The molecule has 2 aromatic carbocycles. The Balaban J connectivity index is 2.06. The molecule has 1 aliphatic rings. The molecule has 4 heteroatoms. The first-order valence-corrected chi connectivity index (χ1v) is 10.3. The van der Waals surface area contributed by atoms with Crippen LogP contribution in [0.4, 0.5) is 0 Å². The van der Waals surface area contributed by atoms with Gasteiger partial charge in [0.25, 0.3) is 0 Å². The van der Waals surface area contributed by atoms with Gasteiger partial charge >= 0.3 is 7.12 Å². The molecule has 0 N–H and O–H groups in total. The molecule has 0 atom stereocenters. The lowest BCUT2D eigenvalue weighted by atomic mass is 9.73. The minimum atomic E-state index is -0.397. The van der Waals surface area contributed by atoms with E-state index >= 15 is 0 Å². The first-order chi connectivity index (χ1) is 12.7. The fourth-order valence-electron chi connectivity index (χ4n) is 3.02. The summed E-state index contributed by atoms with van der Waals surface area (Å²) in [6.45, 7) is 10.5. The molecule has 0 unspecified atom stereocenters. The Hall–Kier alpha value is -1.37. The van der Waals surface area contributed by atoms with Crippen LogP contribution < -0.4 is 0 Å². The second kappa shape index (κ2) is 7.94. The predicted molar refractivity (Wildman–Crippen MR) is 123 cm³/mol. The van der Waals surface area contributed by atoms with E-state index in [9.17, 15) is 0 Å². The van der Waals surface area contributed by atoms with Crippen LogP contribution in [-0.2, 0) is 9.31 Å². The number of allylic oxidation sites excluding steroid dienone is 3. The molecule has 1 heterocycles. The summed E-state index contributed by atoms with van der Waals surface area (Å²) in [4.78, 5) is 0. The molecule has 3 rings (SSSR count). The molecule has 0 amide bonds. The Kier molecular flexibility index (Phi) is 5.99. The Labute approximate surface area is 176 Å². The van der Waals surface area contributed by atoms with Crippen LogP contribution in [0, 0.1) is 3.57 Å². The molecular weight excluding hydrogens is 446 g/mol. The molecule has 0 saturated carbocycles. The molecule has 0 radical (unpaired) electrons. The summed E-state index contributed by atoms with van der Waals surface area (Å²) < 4.78 is 13.9. The maximum absolute atomic E-state index is 6.36. The van der Waals surface area contributed by atoms with Gasteiger partial charge in [0, 0.05) is 3.57 Å². The van der Waals surface area contributed by atoms with E-state index in [1.165, 1.54) is 14.7 Å². The van der Waals surface area contributed by atoms with E-state index in [1.54, 1.807) is 0 Å². The SMILES string of the molecule is C/C(=C(\C=C\c1ccccc1)B1OC(C)(C)C(C)(C)O1)c1ccccc1I. The van der Waals surface area contributed by atoms with Gasteiger partial charge in [-0.2, -0.15) is 0 Å². The molecule has 2 aromatic rings. The lowest BCUT2D eigenvalue weighted by Gasteiger charge is -2.32. The molecule has 1 fully saturated rings. The lowest BCUT2D eigenvalue weighted by Crippen LogP contribution is -2.41. The standard InChI is InChI=1S/C23H26BIO2/c1-17(19-13-9-10-14-21(19)25)20(16-15-18-11-7-6-8-12-18)24-26-22(2,3)23(4,5)27-24/h6-16H,1-5H3/b16-15+,20-17-. The third-order valence-corrected chi connectivity index (χ3v) is 6.41. The largest absolute Gasteiger partial charge is 0.495 e. The highest BCUT2D eigenvalue weighted by Crippen LogP contribution is 2.40. The van der Waals surface area contributed by atoms with Gasteiger partial charge in [-0.3, -0.25) is 0 Å². The first kappa shape index (κ1) is 20.4. The van der Waals surface area contributed by atoms with Crippen LogP contribution in [0.3, 0.4) is 0 Å². The van der Waals surface area contributed by atoms with E-state index in [2.05, 4.69) is 106 Å². The molecule has 1 aliphatic heterocycles. The van der Waals surface area contributed by atoms with Gasteiger partial charge in [0.15, 0.2) is 0 Å². The average Bonchev–Trinajstić information content (AvgIpc) is 2.83. The third-order valence-electron chi connectivity index (χ3n) is 5.47. The predicted octanol–water partition coefficient (Wildman–Crippen LogP) is 6.41. The van der Waals surface area contributed by atoms with E-state index in [4.69, 9.17) is 9.31 Å². The van der Waals surface area contributed by atoms with Crippen molar-refractivity contribution in [1.82, 2.24) is 0 Å². The zero-order valence-electron chi connectivity index (χ0n) is 16.6. The van der Waals surface area contributed by atoms with Crippen LogP contribution in [0.1, 0.15) is 45.7 Å². The van der Waals surface area contributed by atoms with Crippen molar-refractivity contribution in [3.05, 3.63) is 80.8 Å². The Morgan fingerprint density at radius 2 is 1.44 bits per heavy atom. The second-order valence-corrected chi connectivity index (χ2v) is 9.05. The van der Waals surface area contributed by atoms with E-state index in [-0.39, 0.29) is 11.2 Å². The van der Waals surface area contributed by atoms with Crippen molar-refractivity contribution in [1.29, 1.82) is 0 Å². The number of hydrogen-bond acceptors (Lipinski definition) is 2. The number of halogens is 1. The van der Waals surface area contributed by atoms with Crippen LogP contribution in [0.5, 0.6) is 0 Å². The van der Waals surface area contributed by atoms with Crippen molar-refractivity contribution in [3.8, 4) is 0 Å². The molecule has 1 saturated heterocycles. The highest BCUT2D eigenvalue weighted by Gasteiger charge is 2.52. The van der Waals surface area contributed by atoms with Crippen molar-refractivity contribution in [2.75, 3.05) is 0 Å². The van der Waals surface area contributed by atoms with E-state index in [0.29, 0.717) is 0 Å². The maximum Gasteiger partial charge on any atom is 0.495 e. The van der Waals surface area contributed by atoms with Crippen LogP contribution in [0.2, 0.25) is 0 Å². The first-order valence-electron chi connectivity index (χ1n) is 9.26. The quantitative estimate of drug-likeness (QED) is 0.291. The average molecular weight is 472 g/mol. The fourth-order valence-corrected chi connectivity index (χ4v) is 3.81. The van der Waals surface area contributed by atoms with Gasteiger partial charge in [0.1, 0.15) is 0 Å². The Morgan fingerprint density at radius 3 is 2.04 bits per heavy atom. The Morgan fingerprint density at radius 1 is 0.889 bits per heavy atom. The molecule has 27 heavy (non-hydrogen) atoms. The van der Waals surface area contributed by atoms with Gasteiger partial charge < -0.3 is 9.31 Å². The van der Waals surface area contributed by atoms with Crippen molar-refractivity contribution in [2.45, 2.75) is 45.8 Å². The summed E-state index contributed by atoms with van der Waals surface area (Å²) in [7, 11) is -0.397. The van der Waals surface area contributed by atoms with Crippen molar-refractivity contribution >= 4 is 41.4 Å². The maximum atomic E-state index is 6.36. The minimum Gasteiger partial charge on any atom is -0.399 e. The van der Waals surface area contributed by atoms with E-state index in [0.717, 1.165) is 11.0 Å². The second-order valence-electron chi connectivity index (χ2n) is 7.89. The summed E-state index contributed by atoms with van der Waals surface area (Å²) in [6, 6.07) is 18.7. The highest BCUT2D eigenvalue weighted by atomic mass is 127. The molecule has 0 bridgehead atoms. The molecular formula is C23H26BIO2. The summed E-state index contributed by atoms with van der Waals surface area (Å²) >= 11 is 2.39. The smallest absolute Gasteiger partial charge is 0.399 e. The van der Waals surface area contributed by atoms with Gasteiger partial charge in [-0.1, -0.05) is 60.7 Å². The monoisotopic (exact) mass is 472 g/mol. The van der Waals surface area contributed by atoms with Gasteiger partial charge in [-0.05, 0) is 85.4 Å². The normalized spacial score (nSPS) is 19.4. The molecule has 0 spiro atoms. The molecule has 140 valence electrons. The van der Waals surface area contributed by atoms with Crippen LogP contribution in [0.25, 0.3) is 11.6 Å². The van der Waals surface area contributed by atoms with Gasteiger partial charge in [-0.25, -0.2) is 0 Å². The summed E-state index contributed by atoms with van der Waals surface area (Å²) in [6.07, 6.45) is 4.26. The third kappa shape index (κ3) is 4.39. The Bertz CT molecular complexity index is 853. The molecule has 2 nitrogen and oxygen atoms in total. The van der Waals surface area contributed by atoms with Gasteiger partial charge in [-0.15, -0.1) is 0 Å². The topological polar surface area (TPSA) is 18.5 Å².